The summed E-state index contributed by atoms with van der Waals surface area (Å²) in [5.74, 6) is 1.13. The highest BCUT2D eigenvalue weighted by atomic mass is 35.5. The van der Waals surface area contributed by atoms with Gasteiger partial charge in [0.1, 0.15) is 0 Å². The van der Waals surface area contributed by atoms with Gasteiger partial charge in [0, 0.05) is 11.1 Å². The minimum Gasteiger partial charge on any atom is -0.453 e. The molecule has 0 spiro atoms. The fourth-order valence-electron chi connectivity index (χ4n) is 2.70. The van der Waals surface area contributed by atoms with Crippen molar-refractivity contribution >= 4 is 17.9 Å². The third-order valence-corrected chi connectivity index (χ3v) is 4.02. The predicted molar refractivity (Wildman–Crippen MR) is 67.6 cm³/mol. The Kier molecular flexibility index (Phi) is 2.72. The molecular weight excluding hydrogens is 254 g/mol. The molecule has 0 amide bonds. The maximum absolute atomic E-state index is 11.1. The van der Waals surface area contributed by atoms with Crippen molar-refractivity contribution in [3.05, 3.63) is 22.2 Å². The van der Waals surface area contributed by atoms with Crippen molar-refractivity contribution in [2.45, 2.75) is 25.3 Å². The molecule has 1 aromatic carbocycles. The van der Waals surface area contributed by atoms with Crippen LogP contribution in [0.5, 0.6) is 11.5 Å². The minimum absolute atomic E-state index is 0.138. The first-order valence-corrected chi connectivity index (χ1v) is 6.36. The van der Waals surface area contributed by atoms with Gasteiger partial charge in [-0.3, -0.25) is 4.79 Å². The van der Waals surface area contributed by atoms with E-state index in [4.69, 9.17) is 21.1 Å². The third kappa shape index (κ3) is 1.60. The van der Waals surface area contributed by atoms with Gasteiger partial charge < -0.3 is 14.8 Å². The van der Waals surface area contributed by atoms with Gasteiger partial charge in [-0.1, -0.05) is 11.6 Å². The number of carbonyl (C=O) groups excluding carboxylic acids is 1. The van der Waals surface area contributed by atoms with Gasteiger partial charge in [-0.15, -0.1) is 0 Å². The van der Waals surface area contributed by atoms with E-state index < -0.39 is 0 Å². The SMILES string of the molecule is CC1(c2cc(Cl)c(C=O)c3c2OCO3)CCCN1. The lowest BCUT2D eigenvalue weighted by Gasteiger charge is -2.26. The number of fused-ring (bicyclic) bond motifs is 1. The average molecular weight is 268 g/mol. The molecule has 0 bridgehead atoms. The Bertz CT molecular complexity index is 509. The van der Waals surface area contributed by atoms with Crippen LogP contribution in [0, 0.1) is 0 Å². The largest absolute Gasteiger partial charge is 0.453 e. The number of nitrogens with one attached hydrogen (secondary N) is 1. The maximum atomic E-state index is 11.1. The van der Waals surface area contributed by atoms with Gasteiger partial charge in [-0.2, -0.15) is 0 Å². The quantitative estimate of drug-likeness (QED) is 0.837. The van der Waals surface area contributed by atoms with Gasteiger partial charge in [0.2, 0.25) is 6.79 Å². The van der Waals surface area contributed by atoms with E-state index in [0.29, 0.717) is 28.4 Å². The van der Waals surface area contributed by atoms with Crippen LogP contribution in [0.25, 0.3) is 0 Å². The zero-order valence-electron chi connectivity index (χ0n) is 10.1. The summed E-state index contributed by atoms with van der Waals surface area (Å²) in [4.78, 5) is 11.1. The molecule has 1 atom stereocenters. The first-order valence-electron chi connectivity index (χ1n) is 5.98. The van der Waals surface area contributed by atoms with Crippen molar-refractivity contribution in [2.24, 2.45) is 0 Å². The summed E-state index contributed by atoms with van der Waals surface area (Å²) in [6, 6.07) is 1.82. The van der Waals surface area contributed by atoms with Crippen LogP contribution in [-0.4, -0.2) is 19.6 Å². The molecule has 1 saturated heterocycles. The first-order chi connectivity index (χ1) is 8.65. The van der Waals surface area contributed by atoms with Crippen LogP contribution in [0.2, 0.25) is 5.02 Å². The van der Waals surface area contributed by atoms with E-state index in [1.807, 2.05) is 6.07 Å². The van der Waals surface area contributed by atoms with E-state index in [-0.39, 0.29) is 12.3 Å². The number of aldehydes is 1. The Morgan fingerprint density at radius 1 is 1.44 bits per heavy atom. The Morgan fingerprint density at radius 3 is 2.89 bits per heavy atom. The Labute approximate surface area is 110 Å². The summed E-state index contributed by atoms with van der Waals surface area (Å²) < 4.78 is 10.9. The van der Waals surface area contributed by atoms with Crippen LogP contribution in [0.4, 0.5) is 0 Å². The van der Waals surface area contributed by atoms with Crippen LogP contribution in [0.1, 0.15) is 35.7 Å². The van der Waals surface area contributed by atoms with Gasteiger partial charge in [-0.25, -0.2) is 0 Å². The molecule has 2 heterocycles. The van der Waals surface area contributed by atoms with E-state index in [1.54, 1.807) is 0 Å². The van der Waals surface area contributed by atoms with Crippen molar-refractivity contribution in [1.29, 1.82) is 0 Å². The fraction of sp³-hybridized carbons (Fsp3) is 0.462. The van der Waals surface area contributed by atoms with E-state index in [1.165, 1.54) is 0 Å². The van der Waals surface area contributed by atoms with E-state index >= 15 is 0 Å². The lowest BCUT2D eigenvalue weighted by molar-refractivity contribution is 0.111. The summed E-state index contributed by atoms with van der Waals surface area (Å²) in [7, 11) is 0. The Balaban J connectivity index is 2.19. The summed E-state index contributed by atoms with van der Waals surface area (Å²) in [5, 5.41) is 3.88. The zero-order valence-corrected chi connectivity index (χ0v) is 10.8. The lowest BCUT2D eigenvalue weighted by Crippen LogP contribution is -2.33. The molecule has 0 saturated carbocycles. The summed E-state index contributed by atoms with van der Waals surface area (Å²) in [6.45, 7) is 3.23. The van der Waals surface area contributed by atoms with Crippen molar-refractivity contribution in [1.82, 2.24) is 5.32 Å². The van der Waals surface area contributed by atoms with Crippen molar-refractivity contribution in [3.8, 4) is 11.5 Å². The molecule has 1 aromatic rings. The fourth-order valence-corrected chi connectivity index (χ4v) is 2.94. The highest BCUT2D eigenvalue weighted by Gasteiger charge is 2.37. The van der Waals surface area contributed by atoms with Crippen molar-refractivity contribution < 1.29 is 14.3 Å². The third-order valence-electron chi connectivity index (χ3n) is 3.71. The van der Waals surface area contributed by atoms with E-state index in [0.717, 1.165) is 24.9 Å². The van der Waals surface area contributed by atoms with Gasteiger partial charge in [0.25, 0.3) is 0 Å². The summed E-state index contributed by atoms with van der Waals surface area (Å²) in [5.41, 5.74) is 1.18. The smallest absolute Gasteiger partial charge is 0.231 e. The second-order valence-corrected chi connectivity index (χ2v) is 5.27. The Morgan fingerprint density at radius 2 is 2.22 bits per heavy atom. The highest BCUT2D eigenvalue weighted by Crippen LogP contribution is 2.47. The molecule has 2 aliphatic heterocycles. The average Bonchev–Trinajstić information content (AvgIpc) is 2.97. The zero-order chi connectivity index (χ0) is 12.8. The van der Waals surface area contributed by atoms with Crippen LogP contribution in [-0.2, 0) is 5.54 Å². The molecule has 1 fully saturated rings. The van der Waals surface area contributed by atoms with E-state index in [9.17, 15) is 4.79 Å². The minimum atomic E-state index is -0.164. The molecule has 1 unspecified atom stereocenters. The number of hydrogen-bond donors (Lipinski definition) is 1. The van der Waals surface area contributed by atoms with Gasteiger partial charge in [-0.05, 0) is 32.4 Å². The first kappa shape index (κ1) is 11.8. The molecule has 18 heavy (non-hydrogen) atoms. The molecule has 0 aromatic heterocycles. The molecule has 96 valence electrons. The summed E-state index contributed by atoms with van der Waals surface area (Å²) in [6.07, 6.45) is 2.84. The maximum Gasteiger partial charge on any atom is 0.231 e. The molecule has 4 nitrogen and oxygen atoms in total. The molecular formula is C13H14ClNO3. The molecule has 3 rings (SSSR count). The van der Waals surface area contributed by atoms with Crippen LogP contribution >= 0.6 is 11.6 Å². The van der Waals surface area contributed by atoms with E-state index in [2.05, 4.69) is 12.2 Å². The molecule has 2 aliphatic rings. The second-order valence-electron chi connectivity index (χ2n) is 4.86. The number of hydrogen-bond acceptors (Lipinski definition) is 4. The molecule has 0 radical (unpaired) electrons. The van der Waals surface area contributed by atoms with Crippen LogP contribution in [0.3, 0.4) is 0 Å². The van der Waals surface area contributed by atoms with Crippen LogP contribution in [0.15, 0.2) is 6.07 Å². The van der Waals surface area contributed by atoms with Gasteiger partial charge >= 0.3 is 0 Å². The number of ether oxygens (including phenoxy) is 2. The monoisotopic (exact) mass is 267 g/mol. The molecule has 0 aliphatic carbocycles. The van der Waals surface area contributed by atoms with Gasteiger partial charge in [0.15, 0.2) is 17.8 Å². The second kappa shape index (κ2) is 4.14. The van der Waals surface area contributed by atoms with Crippen LogP contribution < -0.4 is 14.8 Å². The summed E-state index contributed by atoms with van der Waals surface area (Å²) >= 11 is 6.16. The molecule has 5 heteroatoms. The number of rotatable bonds is 2. The standard InChI is InChI=1S/C13H14ClNO3/c1-13(3-2-4-15-13)9-5-10(14)8(6-16)11-12(9)18-7-17-11/h5-6,15H,2-4,7H2,1H3. The van der Waals surface area contributed by atoms with Crippen molar-refractivity contribution in [3.63, 3.8) is 0 Å². The lowest BCUT2D eigenvalue weighted by atomic mass is 9.88. The normalized spacial score (nSPS) is 25.4. The van der Waals surface area contributed by atoms with Crippen molar-refractivity contribution in [2.75, 3.05) is 13.3 Å². The molecule has 1 N–H and O–H groups in total. The highest BCUT2D eigenvalue weighted by molar-refractivity contribution is 6.33. The topological polar surface area (TPSA) is 47.6 Å². The Hall–Kier alpha value is -1.26. The number of benzene rings is 1. The van der Waals surface area contributed by atoms with Gasteiger partial charge in [0.05, 0.1) is 10.6 Å². The predicted octanol–water partition coefficient (Wildman–Crippen LogP) is 2.48. The number of carbonyl (C=O) groups is 1. The number of halogens is 1.